The van der Waals surface area contributed by atoms with Crippen LogP contribution in [0.2, 0.25) is 0 Å². The number of aliphatic hydroxyl groups is 2. The SMILES string of the molecule is O=C(OO)c1ccccc1C(=O)OCC(O)CO. The van der Waals surface area contributed by atoms with Gasteiger partial charge in [0.1, 0.15) is 12.7 Å². The maximum atomic E-state index is 11.6. The average Bonchev–Trinajstić information content (AvgIpc) is 2.43. The van der Waals surface area contributed by atoms with Crippen molar-refractivity contribution < 1.29 is 34.7 Å². The number of ether oxygens (including phenoxy) is 1. The van der Waals surface area contributed by atoms with Crippen molar-refractivity contribution in [3.63, 3.8) is 0 Å². The minimum Gasteiger partial charge on any atom is -0.459 e. The van der Waals surface area contributed by atoms with Crippen LogP contribution in [0.3, 0.4) is 0 Å². The number of rotatable bonds is 5. The highest BCUT2D eigenvalue weighted by Crippen LogP contribution is 2.11. The summed E-state index contributed by atoms with van der Waals surface area (Å²) in [5.41, 5.74) is -0.273. The van der Waals surface area contributed by atoms with Crippen LogP contribution < -0.4 is 0 Å². The Balaban J connectivity index is 2.82. The third kappa shape index (κ3) is 3.52. The third-order valence-electron chi connectivity index (χ3n) is 2.07. The van der Waals surface area contributed by atoms with Crippen LogP contribution in [0.4, 0.5) is 0 Å². The van der Waals surface area contributed by atoms with Crippen molar-refractivity contribution in [3.8, 4) is 0 Å². The fourth-order valence-corrected chi connectivity index (χ4v) is 1.19. The lowest BCUT2D eigenvalue weighted by Gasteiger charge is -2.10. The number of carbonyl (C=O) groups excluding carboxylic acids is 2. The Kier molecular flexibility index (Phi) is 5.25. The molecule has 1 rings (SSSR count). The molecule has 1 aromatic rings. The molecule has 18 heavy (non-hydrogen) atoms. The predicted molar refractivity (Wildman–Crippen MR) is 57.9 cm³/mol. The topological polar surface area (TPSA) is 113 Å². The van der Waals surface area contributed by atoms with Gasteiger partial charge in [0.2, 0.25) is 0 Å². The van der Waals surface area contributed by atoms with E-state index in [-0.39, 0.29) is 11.1 Å². The maximum absolute atomic E-state index is 11.6. The molecule has 0 fully saturated rings. The zero-order chi connectivity index (χ0) is 13.5. The molecule has 0 saturated carbocycles. The molecule has 0 bridgehead atoms. The number of aliphatic hydroxyl groups excluding tert-OH is 2. The molecule has 7 nitrogen and oxygen atoms in total. The van der Waals surface area contributed by atoms with Crippen molar-refractivity contribution in [1.82, 2.24) is 0 Å². The molecule has 98 valence electrons. The second-order valence-corrected chi connectivity index (χ2v) is 3.36. The Morgan fingerprint density at radius 3 is 2.22 bits per heavy atom. The quantitative estimate of drug-likeness (QED) is 0.380. The molecule has 0 saturated heterocycles. The summed E-state index contributed by atoms with van der Waals surface area (Å²) in [6, 6.07) is 5.55. The van der Waals surface area contributed by atoms with Crippen LogP contribution >= 0.6 is 0 Å². The molecule has 0 spiro atoms. The van der Waals surface area contributed by atoms with Gasteiger partial charge in [-0.15, -0.1) is 0 Å². The van der Waals surface area contributed by atoms with E-state index in [9.17, 15) is 9.59 Å². The summed E-state index contributed by atoms with van der Waals surface area (Å²) in [5, 5.41) is 25.8. The number of benzene rings is 1. The molecule has 0 amide bonds. The normalized spacial score (nSPS) is 11.7. The van der Waals surface area contributed by atoms with E-state index in [1.807, 2.05) is 0 Å². The minimum absolute atomic E-state index is 0.110. The fraction of sp³-hybridized carbons (Fsp3) is 0.273. The first-order valence-corrected chi connectivity index (χ1v) is 5.01. The van der Waals surface area contributed by atoms with Gasteiger partial charge in [-0.2, -0.15) is 5.26 Å². The fourth-order valence-electron chi connectivity index (χ4n) is 1.19. The molecule has 1 atom stereocenters. The number of esters is 1. The first kappa shape index (κ1) is 14.1. The average molecular weight is 256 g/mol. The lowest BCUT2D eigenvalue weighted by atomic mass is 10.1. The summed E-state index contributed by atoms with van der Waals surface area (Å²) >= 11 is 0. The van der Waals surface area contributed by atoms with Crippen molar-refractivity contribution in [2.45, 2.75) is 6.10 Å². The largest absolute Gasteiger partial charge is 0.459 e. The van der Waals surface area contributed by atoms with E-state index in [1.165, 1.54) is 24.3 Å². The number of hydrogen-bond donors (Lipinski definition) is 3. The van der Waals surface area contributed by atoms with Gasteiger partial charge in [0.05, 0.1) is 17.7 Å². The lowest BCUT2D eigenvalue weighted by Crippen LogP contribution is -2.23. The summed E-state index contributed by atoms with van der Waals surface area (Å²) in [6.45, 7) is -0.953. The van der Waals surface area contributed by atoms with Gasteiger partial charge in [0.15, 0.2) is 0 Å². The lowest BCUT2D eigenvalue weighted by molar-refractivity contribution is -0.182. The van der Waals surface area contributed by atoms with Gasteiger partial charge >= 0.3 is 11.9 Å². The molecule has 0 heterocycles. The van der Waals surface area contributed by atoms with Gasteiger partial charge in [-0.1, -0.05) is 12.1 Å². The molecule has 0 aromatic heterocycles. The molecule has 0 aliphatic heterocycles. The molecule has 0 radical (unpaired) electrons. The Bertz CT molecular complexity index is 429. The molecule has 0 aliphatic rings. The third-order valence-corrected chi connectivity index (χ3v) is 2.07. The summed E-state index contributed by atoms with van der Waals surface area (Å²) in [4.78, 5) is 26.3. The highest BCUT2D eigenvalue weighted by Gasteiger charge is 2.19. The monoisotopic (exact) mass is 256 g/mol. The highest BCUT2D eigenvalue weighted by atomic mass is 17.1. The first-order valence-electron chi connectivity index (χ1n) is 5.01. The van der Waals surface area contributed by atoms with E-state index >= 15 is 0 Å². The Hall–Kier alpha value is -1.96. The zero-order valence-corrected chi connectivity index (χ0v) is 9.28. The van der Waals surface area contributed by atoms with Gasteiger partial charge in [-0.25, -0.2) is 9.59 Å². The molecule has 0 aliphatic carbocycles. The molecule has 7 heteroatoms. The summed E-state index contributed by atoms with van der Waals surface area (Å²) in [6.07, 6.45) is -1.19. The summed E-state index contributed by atoms with van der Waals surface area (Å²) in [5.74, 6) is -1.96. The second kappa shape index (κ2) is 6.70. The van der Waals surface area contributed by atoms with E-state index in [0.717, 1.165) is 0 Å². The van der Waals surface area contributed by atoms with Gasteiger partial charge < -0.3 is 14.9 Å². The Morgan fingerprint density at radius 1 is 1.17 bits per heavy atom. The van der Waals surface area contributed by atoms with Crippen LogP contribution in [0.15, 0.2) is 24.3 Å². The van der Waals surface area contributed by atoms with Gasteiger partial charge in [0, 0.05) is 0 Å². The number of carbonyl (C=O) groups is 2. The Morgan fingerprint density at radius 2 is 1.72 bits per heavy atom. The molecular formula is C11H12O7. The molecular weight excluding hydrogens is 244 g/mol. The van der Waals surface area contributed by atoms with Crippen LogP contribution in [0.1, 0.15) is 20.7 Å². The van der Waals surface area contributed by atoms with Crippen molar-refractivity contribution in [1.29, 1.82) is 0 Å². The van der Waals surface area contributed by atoms with Crippen molar-refractivity contribution in [2.24, 2.45) is 0 Å². The van der Waals surface area contributed by atoms with E-state index in [2.05, 4.69) is 9.62 Å². The summed E-state index contributed by atoms with van der Waals surface area (Å²) < 4.78 is 4.68. The van der Waals surface area contributed by atoms with Gasteiger partial charge in [0.25, 0.3) is 0 Å². The van der Waals surface area contributed by atoms with E-state index in [0.29, 0.717) is 0 Å². The summed E-state index contributed by atoms with van der Waals surface area (Å²) in [7, 11) is 0. The van der Waals surface area contributed by atoms with Crippen molar-refractivity contribution in [2.75, 3.05) is 13.2 Å². The van der Waals surface area contributed by atoms with Gasteiger partial charge in [-0.05, 0) is 12.1 Å². The second-order valence-electron chi connectivity index (χ2n) is 3.36. The molecule has 1 unspecified atom stereocenters. The molecule has 1 aromatic carbocycles. The smallest absolute Gasteiger partial charge is 0.373 e. The van der Waals surface area contributed by atoms with Crippen molar-refractivity contribution >= 4 is 11.9 Å². The van der Waals surface area contributed by atoms with E-state index in [4.69, 9.17) is 15.5 Å². The highest BCUT2D eigenvalue weighted by molar-refractivity contribution is 6.02. The van der Waals surface area contributed by atoms with Crippen LogP contribution in [0.25, 0.3) is 0 Å². The van der Waals surface area contributed by atoms with Crippen LogP contribution in [-0.2, 0) is 9.62 Å². The van der Waals surface area contributed by atoms with Crippen molar-refractivity contribution in [3.05, 3.63) is 35.4 Å². The first-order chi connectivity index (χ1) is 8.60. The van der Waals surface area contributed by atoms with E-state index < -0.39 is 31.3 Å². The number of hydrogen-bond acceptors (Lipinski definition) is 7. The Labute approximate surface area is 102 Å². The standard InChI is InChI=1S/C11H12O7/c12-5-7(13)6-17-10(14)8-3-1-2-4-9(8)11(15)18-16/h1-4,7,12-13,16H,5-6H2. The maximum Gasteiger partial charge on any atom is 0.373 e. The predicted octanol–water partition coefficient (Wildman–Crippen LogP) is -0.174. The van der Waals surface area contributed by atoms with Crippen LogP contribution in [0.5, 0.6) is 0 Å². The van der Waals surface area contributed by atoms with Gasteiger partial charge in [-0.3, -0.25) is 4.89 Å². The van der Waals surface area contributed by atoms with Crippen LogP contribution in [0, 0.1) is 0 Å². The van der Waals surface area contributed by atoms with E-state index in [1.54, 1.807) is 0 Å². The van der Waals surface area contributed by atoms with Crippen LogP contribution in [-0.4, -0.2) is 46.7 Å². The molecule has 3 N–H and O–H groups in total. The zero-order valence-electron chi connectivity index (χ0n) is 9.28. The minimum atomic E-state index is -1.19.